The van der Waals surface area contributed by atoms with Crippen LogP contribution >= 0.6 is 15.9 Å². The average Bonchev–Trinajstić information content (AvgIpc) is 2.01. The van der Waals surface area contributed by atoms with Crippen LogP contribution in [0.25, 0.3) is 0 Å². The standard InChI is InChI=1S/C10H12BrFO/c1-6(2)10(13)7-3-8(11)5-9(12)4-7/h3-6,10,13H,1-2H3. The van der Waals surface area contributed by atoms with Gasteiger partial charge in [0.25, 0.3) is 0 Å². The third kappa shape index (κ3) is 2.78. The van der Waals surface area contributed by atoms with E-state index in [1.54, 1.807) is 6.07 Å². The summed E-state index contributed by atoms with van der Waals surface area (Å²) < 4.78 is 13.6. The third-order valence-corrected chi connectivity index (χ3v) is 2.32. The van der Waals surface area contributed by atoms with Gasteiger partial charge in [-0.1, -0.05) is 29.8 Å². The molecule has 0 fully saturated rings. The molecule has 0 amide bonds. The predicted octanol–water partition coefficient (Wildman–Crippen LogP) is 3.28. The van der Waals surface area contributed by atoms with Gasteiger partial charge in [-0.05, 0) is 29.7 Å². The Morgan fingerprint density at radius 2 is 1.92 bits per heavy atom. The van der Waals surface area contributed by atoms with Gasteiger partial charge in [0.2, 0.25) is 0 Å². The molecule has 1 nitrogen and oxygen atoms in total. The highest BCUT2D eigenvalue weighted by Gasteiger charge is 2.13. The van der Waals surface area contributed by atoms with Crippen molar-refractivity contribution in [2.75, 3.05) is 0 Å². The van der Waals surface area contributed by atoms with Crippen molar-refractivity contribution < 1.29 is 9.50 Å². The highest BCUT2D eigenvalue weighted by molar-refractivity contribution is 9.10. The number of aliphatic hydroxyl groups excluding tert-OH is 1. The topological polar surface area (TPSA) is 20.2 Å². The second kappa shape index (κ2) is 4.20. The van der Waals surface area contributed by atoms with E-state index in [4.69, 9.17) is 0 Å². The van der Waals surface area contributed by atoms with Crippen molar-refractivity contribution in [1.29, 1.82) is 0 Å². The molecule has 72 valence electrons. The number of rotatable bonds is 2. The number of hydrogen-bond donors (Lipinski definition) is 1. The van der Waals surface area contributed by atoms with E-state index in [1.807, 2.05) is 13.8 Å². The molecule has 1 atom stereocenters. The lowest BCUT2D eigenvalue weighted by atomic mass is 9.99. The van der Waals surface area contributed by atoms with Crippen LogP contribution in [0.1, 0.15) is 25.5 Å². The number of benzene rings is 1. The van der Waals surface area contributed by atoms with E-state index in [0.29, 0.717) is 10.0 Å². The Bertz CT molecular complexity index is 279. The Labute approximate surface area is 85.7 Å². The molecular weight excluding hydrogens is 235 g/mol. The maximum absolute atomic E-state index is 12.9. The summed E-state index contributed by atoms with van der Waals surface area (Å²) in [5, 5.41) is 9.66. The van der Waals surface area contributed by atoms with E-state index >= 15 is 0 Å². The molecular formula is C10H12BrFO. The molecule has 0 spiro atoms. The molecule has 0 bridgehead atoms. The molecule has 1 aromatic carbocycles. The van der Waals surface area contributed by atoms with Gasteiger partial charge in [-0.3, -0.25) is 0 Å². The molecule has 0 aliphatic rings. The van der Waals surface area contributed by atoms with Gasteiger partial charge in [0, 0.05) is 4.47 Å². The number of aliphatic hydroxyl groups is 1. The van der Waals surface area contributed by atoms with Crippen molar-refractivity contribution in [2.24, 2.45) is 5.92 Å². The third-order valence-electron chi connectivity index (χ3n) is 1.86. The van der Waals surface area contributed by atoms with E-state index in [1.165, 1.54) is 12.1 Å². The fraction of sp³-hybridized carbons (Fsp3) is 0.400. The first-order valence-electron chi connectivity index (χ1n) is 4.14. The summed E-state index contributed by atoms with van der Waals surface area (Å²) in [5.74, 6) is -0.238. The van der Waals surface area contributed by atoms with Gasteiger partial charge >= 0.3 is 0 Å². The van der Waals surface area contributed by atoms with Crippen LogP contribution < -0.4 is 0 Å². The predicted molar refractivity (Wildman–Crippen MR) is 53.9 cm³/mol. The van der Waals surface area contributed by atoms with Crippen LogP contribution in [0.2, 0.25) is 0 Å². The second-order valence-electron chi connectivity index (χ2n) is 3.39. The first kappa shape index (κ1) is 10.7. The monoisotopic (exact) mass is 246 g/mol. The van der Waals surface area contributed by atoms with Crippen LogP contribution in [0, 0.1) is 11.7 Å². The molecule has 1 N–H and O–H groups in total. The van der Waals surface area contributed by atoms with Crippen molar-refractivity contribution in [1.82, 2.24) is 0 Å². The Kier molecular flexibility index (Phi) is 3.45. The summed E-state index contributed by atoms with van der Waals surface area (Å²) in [4.78, 5) is 0. The van der Waals surface area contributed by atoms with Crippen LogP contribution in [0.15, 0.2) is 22.7 Å². The zero-order chi connectivity index (χ0) is 10.0. The van der Waals surface area contributed by atoms with Gasteiger partial charge in [-0.15, -0.1) is 0 Å². The van der Waals surface area contributed by atoms with Crippen molar-refractivity contribution in [3.63, 3.8) is 0 Å². The van der Waals surface area contributed by atoms with Crippen LogP contribution in [0.3, 0.4) is 0 Å². The van der Waals surface area contributed by atoms with Crippen molar-refractivity contribution in [3.8, 4) is 0 Å². The summed E-state index contributed by atoms with van der Waals surface area (Å²) in [6, 6.07) is 4.46. The zero-order valence-corrected chi connectivity index (χ0v) is 9.18. The molecule has 0 saturated carbocycles. The maximum atomic E-state index is 12.9. The van der Waals surface area contributed by atoms with E-state index in [-0.39, 0.29) is 11.7 Å². The van der Waals surface area contributed by atoms with E-state index in [0.717, 1.165) is 0 Å². The molecule has 0 saturated heterocycles. The van der Waals surface area contributed by atoms with E-state index < -0.39 is 6.10 Å². The minimum atomic E-state index is -0.605. The Morgan fingerprint density at radius 3 is 2.38 bits per heavy atom. The maximum Gasteiger partial charge on any atom is 0.124 e. The molecule has 0 heterocycles. The first-order chi connectivity index (χ1) is 6.00. The summed E-state index contributed by atoms with van der Waals surface area (Å²) in [5.41, 5.74) is 0.613. The van der Waals surface area contributed by atoms with Crippen LogP contribution in [-0.4, -0.2) is 5.11 Å². The minimum Gasteiger partial charge on any atom is -0.388 e. The molecule has 0 radical (unpaired) electrons. The highest BCUT2D eigenvalue weighted by Crippen LogP contribution is 2.25. The normalized spacial score (nSPS) is 13.4. The van der Waals surface area contributed by atoms with Gasteiger partial charge in [0.1, 0.15) is 5.82 Å². The van der Waals surface area contributed by atoms with Crippen LogP contribution in [0.5, 0.6) is 0 Å². The Balaban J connectivity index is 3.01. The molecule has 3 heteroatoms. The van der Waals surface area contributed by atoms with Crippen molar-refractivity contribution in [3.05, 3.63) is 34.1 Å². The SMILES string of the molecule is CC(C)C(O)c1cc(F)cc(Br)c1. The van der Waals surface area contributed by atoms with Gasteiger partial charge in [-0.2, -0.15) is 0 Å². The quantitative estimate of drug-likeness (QED) is 0.850. The molecule has 1 unspecified atom stereocenters. The molecule has 0 aromatic heterocycles. The van der Waals surface area contributed by atoms with Gasteiger partial charge in [0.05, 0.1) is 6.10 Å². The van der Waals surface area contributed by atoms with E-state index in [9.17, 15) is 9.50 Å². The summed E-state index contributed by atoms with van der Waals surface area (Å²) in [6.45, 7) is 3.78. The average molecular weight is 247 g/mol. The Hall–Kier alpha value is -0.410. The smallest absolute Gasteiger partial charge is 0.124 e. The van der Waals surface area contributed by atoms with E-state index in [2.05, 4.69) is 15.9 Å². The second-order valence-corrected chi connectivity index (χ2v) is 4.31. The molecule has 0 aliphatic carbocycles. The van der Waals surface area contributed by atoms with Gasteiger partial charge < -0.3 is 5.11 Å². The molecule has 1 rings (SSSR count). The largest absolute Gasteiger partial charge is 0.388 e. The molecule has 13 heavy (non-hydrogen) atoms. The fourth-order valence-electron chi connectivity index (χ4n) is 1.13. The summed E-state index contributed by atoms with van der Waals surface area (Å²) in [6.07, 6.45) is -0.605. The van der Waals surface area contributed by atoms with Gasteiger partial charge in [0.15, 0.2) is 0 Å². The number of halogens is 2. The fourth-order valence-corrected chi connectivity index (χ4v) is 1.61. The Morgan fingerprint density at radius 1 is 1.31 bits per heavy atom. The summed E-state index contributed by atoms with van der Waals surface area (Å²) in [7, 11) is 0. The number of hydrogen-bond acceptors (Lipinski definition) is 1. The van der Waals surface area contributed by atoms with Crippen LogP contribution in [0.4, 0.5) is 4.39 Å². The lowest BCUT2D eigenvalue weighted by Crippen LogP contribution is -2.05. The van der Waals surface area contributed by atoms with Crippen molar-refractivity contribution in [2.45, 2.75) is 20.0 Å². The van der Waals surface area contributed by atoms with Crippen molar-refractivity contribution >= 4 is 15.9 Å². The van der Waals surface area contributed by atoms with Crippen LogP contribution in [-0.2, 0) is 0 Å². The first-order valence-corrected chi connectivity index (χ1v) is 4.94. The minimum absolute atomic E-state index is 0.0914. The highest BCUT2D eigenvalue weighted by atomic mass is 79.9. The lowest BCUT2D eigenvalue weighted by molar-refractivity contribution is 0.126. The molecule has 1 aromatic rings. The summed E-state index contributed by atoms with van der Waals surface area (Å²) >= 11 is 3.18. The lowest BCUT2D eigenvalue weighted by Gasteiger charge is -2.14. The zero-order valence-electron chi connectivity index (χ0n) is 7.59. The van der Waals surface area contributed by atoms with Gasteiger partial charge in [-0.25, -0.2) is 4.39 Å². The molecule has 0 aliphatic heterocycles.